The van der Waals surface area contributed by atoms with Crippen LogP contribution < -0.4 is 4.90 Å². The predicted octanol–water partition coefficient (Wildman–Crippen LogP) is 14.2. The molecule has 4 aliphatic heterocycles. The van der Waals surface area contributed by atoms with Crippen LogP contribution in [0.4, 0.5) is 5.69 Å². The summed E-state index contributed by atoms with van der Waals surface area (Å²) >= 11 is 2.36. The minimum Gasteiger partial charge on any atom is -0.342 e. The molecule has 12 rings (SSSR count). The lowest BCUT2D eigenvalue weighted by atomic mass is 9.31. The molecular weight excluding hydrogens is 758 g/mol. The van der Waals surface area contributed by atoms with Gasteiger partial charge in [0.1, 0.15) is 0 Å². The van der Waals surface area contributed by atoms with E-state index in [1.54, 1.807) is 33.7 Å². The normalized spacial score (nSPS) is 33.6. The van der Waals surface area contributed by atoms with E-state index in [9.17, 15) is 0 Å². The van der Waals surface area contributed by atoms with Crippen molar-refractivity contribution in [3.8, 4) is 0 Å². The number of allylic oxidation sites excluding steroid dienone is 14. The second kappa shape index (κ2) is 15.4. The van der Waals surface area contributed by atoms with Crippen LogP contribution in [-0.2, 0) is 0 Å². The summed E-state index contributed by atoms with van der Waals surface area (Å²) in [4.78, 5) is 9.01. The molecule has 6 atom stereocenters. The average molecular weight is 828 g/mol. The van der Waals surface area contributed by atoms with Gasteiger partial charge in [-0.05, 0) is 132 Å². The van der Waals surface area contributed by atoms with Crippen molar-refractivity contribution in [1.82, 2.24) is 9.80 Å². The van der Waals surface area contributed by atoms with E-state index < -0.39 is 0 Å². The maximum absolute atomic E-state index is 3.10. The third-order valence-electron chi connectivity index (χ3n) is 18.2. The number of para-hydroxylation sites is 1. The zero-order chi connectivity index (χ0) is 40.9. The molecule has 1 aromatic carbocycles. The van der Waals surface area contributed by atoms with Crippen LogP contribution in [0.15, 0.2) is 130 Å². The largest absolute Gasteiger partial charge is 0.342 e. The Kier molecular flexibility index (Phi) is 9.95. The van der Waals surface area contributed by atoms with Gasteiger partial charge in [0.05, 0.1) is 6.04 Å². The van der Waals surface area contributed by atoms with Gasteiger partial charge in [0.2, 0.25) is 6.71 Å². The minimum absolute atomic E-state index is 0.0409. The predicted molar refractivity (Wildman–Crippen MR) is 259 cm³/mol. The SMILES string of the molecule is CC1CC2C(S1)B1C3=C4C(CC(C5CCCCC5)=C3)C3(CCCCC3)C(C)(C)N4C3=CC(N(C4=CCCC=C4)C4=CCCCC4)CC(=C13)N2c1ccccc1C1C=CC=CC1. The Labute approximate surface area is 373 Å². The molecule has 7 aliphatic carbocycles. The Morgan fingerprint density at radius 3 is 2.51 bits per heavy atom. The Bertz CT molecular complexity index is 2230. The first-order valence-corrected chi connectivity index (χ1v) is 26.3. The van der Waals surface area contributed by atoms with Gasteiger partial charge < -0.3 is 14.7 Å². The van der Waals surface area contributed by atoms with Crippen molar-refractivity contribution in [2.45, 2.75) is 183 Å². The van der Waals surface area contributed by atoms with Crippen molar-refractivity contribution in [3.63, 3.8) is 0 Å². The first kappa shape index (κ1) is 39.3. The summed E-state index contributed by atoms with van der Waals surface area (Å²) in [6.45, 7) is 8.49. The summed E-state index contributed by atoms with van der Waals surface area (Å²) < 4.78 is 0. The van der Waals surface area contributed by atoms with Gasteiger partial charge in [-0.15, -0.1) is 0 Å². The summed E-state index contributed by atoms with van der Waals surface area (Å²) in [5.74, 6) is 1.83. The molecule has 4 heterocycles. The summed E-state index contributed by atoms with van der Waals surface area (Å²) in [5, 5.41) is 1.19. The third kappa shape index (κ3) is 6.10. The first-order chi connectivity index (χ1) is 29.9. The topological polar surface area (TPSA) is 9.72 Å². The minimum atomic E-state index is 0.0409. The summed E-state index contributed by atoms with van der Waals surface area (Å²) in [6.07, 6.45) is 51.5. The van der Waals surface area contributed by atoms with Gasteiger partial charge in [0.25, 0.3) is 0 Å². The van der Waals surface area contributed by atoms with Crippen molar-refractivity contribution in [2.24, 2.45) is 17.3 Å². The fourth-order valence-electron chi connectivity index (χ4n) is 15.5. The van der Waals surface area contributed by atoms with Crippen molar-refractivity contribution in [3.05, 3.63) is 136 Å². The molecule has 2 saturated heterocycles. The van der Waals surface area contributed by atoms with E-state index >= 15 is 0 Å². The fraction of sp³-hybridized carbons (Fsp3) is 0.571. The molecule has 0 radical (unpaired) electrons. The van der Waals surface area contributed by atoms with Crippen LogP contribution in [0.25, 0.3) is 0 Å². The quantitative estimate of drug-likeness (QED) is 0.264. The second-order valence-corrected chi connectivity index (χ2v) is 23.3. The molecule has 11 aliphatic rings. The van der Waals surface area contributed by atoms with Crippen molar-refractivity contribution in [1.29, 1.82) is 0 Å². The number of rotatable bonds is 6. The van der Waals surface area contributed by atoms with E-state index in [4.69, 9.17) is 0 Å². The molecule has 1 aromatic rings. The molecule has 0 N–H and O–H groups in total. The number of hydrogen-bond donors (Lipinski definition) is 0. The molecule has 6 unspecified atom stereocenters. The highest BCUT2D eigenvalue weighted by Gasteiger charge is 2.67. The Morgan fingerprint density at radius 2 is 1.72 bits per heavy atom. The number of fused-ring (bicyclic) bond motifs is 5. The molecule has 318 valence electrons. The standard InChI is InChI=1S/C56H70BN3S/c1-38-33-51-54(61-38)57-47-35-41(39-21-9-4-10-22-39)34-46-53(47)60(55(2,3)56(46)31-19-8-20-32-56)50-37-44(58(42-25-13-6-14-26-42)43-27-15-7-16-28-43)36-49(52(50)57)59(51)48-30-18-17-29-45(48)40-23-11-5-12-24-40/h5,11-13,17-18,23,25-27,29-30,35,37-40,44,46,51,54H,4,6-10,14-16,19-22,24,28,31-34,36H2,1-3H3. The smallest absolute Gasteiger partial charge is 0.231 e. The number of thioether (sulfide) groups is 1. The third-order valence-corrected chi connectivity index (χ3v) is 19.8. The zero-order valence-corrected chi connectivity index (χ0v) is 38.4. The molecule has 3 nitrogen and oxygen atoms in total. The number of nitrogens with zero attached hydrogens (tertiary/aromatic N) is 3. The summed E-state index contributed by atoms with van der Waals surface area (Å²) in [6, 6.07) is 10.4. The van der Waals surface area contributed by atoms with Crippen LogP contribution in [0.5, 0.6) is 0 Å². The highest BCUT2D eigenvalue weighted by Crippen LogP contribution is 2.69. The van der Waals surface area contributed by atoms with Crippen molar-refractivity contribution >= 4 is 24.2 Å². The zero-order valence-electron chi connectivity index (χ0n) is 37.6. The molecule has 0 bridgehead atoms. The number of benzene rings is 1. The van der Waals surface area contributed by atoms with Crippen LogP contribution in [0.2, 0.25) is 0 Å². The van der Waals surface area contributed by atoms with Crippen LogP contribution in [0, 0.1) is 17.3 Å². The van der Waals surface area contributed by atoms with Gasteiger partial charge >= 0.3 is 0 Å². The lowest BCUT2D eigenvalue weighted by Gasteiger charge is -2.56. The first-order valence-electron chi connectivity index (χ1n) is 25.3. The molecule has 2 saturated carbocycles. The van der Waals surface area contributed by atoms with Gasteiger partial charge in [0.15, 0.2) is 0 Å². The lowest BCUT2D eigenvalue weighted by Crippen LogP contribution is -2.60. The van der Waals surface area contributed by atoms with E-state index in [0.29, 0.717) is 40.4 Å². The van der Waals surface area contributed by atoms with Crippen molar-refractivity contribution in [2.75, 3.05) is 4.90 Å². The molecule has 0 amide bonds. The number of hydrogen-bond acceptors (Lipinski definition) is 4. The second-order valence-electron chi connectivity index (χ2n) is 21.6. The molecule has 1 spiro atoms. The van der Waals surface area contributed by atoms with Gasteiger partial charge in [-0.25, -0.2) is 0 Å². The summed E-state index contributed by atoms with van der Waals surface area (Å²) in [7, 11) is 0. The van der Waals surface area contributed by atoms with Crippen LogP contribution in [-0.4, -0.2) is 44.5 Å². The van der Waals surface area contributed by atoms with Gasteiger partial charge in [-0.2, -0.15) is 11.8 Å². The average Bonchev–Trinajstić information content (AvgIpc) is 3.78. The van der Waals surface area contributed by atoms with Gasteiger partial charge in [0, 0.05) is 79.8 Å². The fourth-order valence-corrected chi connectivity index (χ4v) is 17.2. The van der Waals surface area contributed by atoms with E-state index in [0.717, 1.165) is 31.6 Å². The van der Waals surface area contributed by atoms with Crippen LogP contribution in [0.1, 0.15) is 161 Å². The van der Waals surface area contributed by atoms with Crippen LogP contribution in [0.3, 0.4) is 0 Å². The molecule has 61 heavy (non-hydrogen) atoms. The lowest BCUT2D eigenvalue weighted by molar-refractivity contribution is 0.0284. The van der Waals surface area contributed by atoms with E-state index in [-0.39, 0.29) is 11.6 Å². The Hall–Kier alpha value is -3.31. The van der Waals surface area contributed by atoms with Crippen molar-refractivity contribution < 1.29 is 0 Å². The molecule has 0 aromatic heterocycles. The summed E-state index contributed by atoms with van der Waals surface area (Å²) in [5.41, 5.74) is 16.8. The maximum atomic E-state index is 3.10. The monoisotopic (exact) mass is 828 g/mol. The van der Waals surface area contributed by atoms with Crippen LogP contribution >= 0.6 is 11.8 Å². The highest BCUT2D eigenvalue weighted by molar-refractivity contribution is 8.02. The highest BCUT2D eigenvalue weighted by atomic mass is 32.2. The van der Waals surface area contributed by atoms with Gasteiger partial charge in [-0.3, -0.25) is 0 Å². The Morgan fingerprint density at radius 1 is 0.869 bits per heavy atom. The van der Waals surface area contributed by atoms with E-state index in [1.807, 2.05) is 5.57 Å². The van der Waals surface area contributed by atoms with E-state index in [1.165, 1.54) is 120 Å². The maximum Gasteiger partial charge on any atom is 0.231 e. The molecule has 4 fully saturated rings. The Balaban J connectivity index is 1.12. The van der Waals surface area contributed by atoms with Gasteiger partial charge in [-0.1, -0.05) is 123 Å². The number of anilines is 1. The molecule has 5 heteroatoms. The van der Waals surface area contributed by atoms with E-state index in [2.05, 4.69) is 132 Å². The molecular formula is C56H70BN3S.